The lowest BCUT2D eigenvalue weighted by atomic mass is 9.70. The summed E-state index contributed by atoms with van der Waals surface area (Å²) in [4.78, 5) is 34.7. The number of esters is 2. The van der Waals surface area contributed by atoms with E-state index in [1.54, 1.807) is 19.1 Å². The van der Waals surface area contributed by atoms with Crippen LogP contribution in [0.1, 0.15) is 27.2 Å². The molecule has 4 rings (SSSR count). The molecule has 0 aromatic rings. The molecule has 2 saturated heterocycles. The summed E-state index contributed by atoms with van der Waals surface area (Å²) in [5, 5.41) is 11.3. The van der Waals surface area contributed by atoms with E-state index in [9.17, 15) is 14.7 Å². The van der Waals surface area contributed by atoms with Gasteiger partial charge in [0.05, 0.1) is 5.92 Å². The minimum atomic E-state index is -1.56. The first kappa shape index (κ1) is 15.8. The van der Waals surface area contributed by atoms with E-state index >= 15 is 0 Å². The van der Waals surface area contributed by atoms with Crippen molar-refractivity contribution in [1.82, 2.24) is 0 Å². The van der Waals surface area contributed by atoms with Gasteiger partial charge in [-0.1, -0.05) is 12.7 Å². The summed E-state index contributed by atoms with van der Waals surface area (Å²) in [7, 11) is 0. The molecule has 2 aliphatic heterocycles. The van der Waals surface area contributed by atoms with Gasteiger partial charge in [-0.25, -0.2) is 14.6 Å². The summed E-state index contributed by atoms with van der Waals surface area (Å²) < 4.78 is 11.0. The number of carbonyl (C=O) groups excluding carboxylic acids is 2. The molecule has 3 fully saturated rings. The van der Waals surface area contributed by atoms with E-state index in [0.29, 0.717) is 5.57 Å². The number of hydrogen-bond acceptors (Lipinski definition) is 7. The van der Waals surface area contributed by atoms with E-state index < -0.39 is 46.9 Å². The standard InChI is InChI=1S/C17H20O7/c1-8-10-7-11(21-9(2)18)16(4,20)17-6-5-15(3,23-24-17)13(17)12(10)22-14(8)19/h5-6,10-13,20H,1,7H2,2-4H3/t10?,11-,12-,13?,15-,16+,17+/m1/s1. The highest BCUT2D eigenvalue weighted by Crippen LogP contribution is 2.61. The van der Waals surface area contributed by atoms with E-state index in [1.807, 2.05) is 6.92 Å². The van der Waals surface area contributed by atoms with Crippen LogP contribution in [0.4, 0.5) is 0 Å². The predicted octanol–water partition coefficient (Wildman–Crippen LogP) is 0.816. The molecule has 2 bridgehead atoms. The van der Waals surface area contributed by atoms with Gasteiger partial charge in [0.1, 0.15) is 23.4 Å². The first-order chi connectivity index (χ1) is 11.1. The van der Waals surface area contributed by atoms with E-state index in [1.165, 1.54) is 6.92 Å². The van der Waals surface area contributed by atoms with Gasteiger partial charge in [0.25, 0.3) is 0 Å². The van der Waals surface area contributed by atoms with Crippen LogP contribution in [0.2, 0.25) is 0 Å². The van der Waals surface area contributed by atoms with Gasteiger partial charge in [0.2, 0.25) is 0 Å². The summed E-state index contributed by atoms with van der Waals surface area (Å²) in [6, 6.07) is 0. The van der Waals surface area contributed by atoms with Gasteiger partial charge >= 0.3 is 11.9 Å². The van der Waals surface area contributed by atoms with Crippen molar-refractivity contribution in [2.24, 2.45) is 11.8 Å². The molecule has 0 radical (unpaired) electrons. The second kappa shape index (κ2) is 4.47. The third-order valence-electron chi connectivity index (χ3n) is 5.97. The topological polar surface area (TPSA) is 91.3 Å². The van der Waals surface area contributed by atoms with Crippen LogP contribution in [0.15, 0.2) is 24.3 Å². The fraction of sp³-hybridized carbons (Fsp3) is 0.647. The number of fused-ring (bicyclic) bond motifs is 1. The van der Waals surface area contributed by atoms with Crippen molar-refractivity contribution in [2.75, 3.05) is 0 Å². The summed E-state index contributed by atoms with van der Waals surface area (Å²) in [5.41, 5.74) is -3.36. The second-order valence-corrected chi connectivity index (χ2v) is 7.44. The Morgan fingerprint density at radius 2 is 2.08 bits per heavy atom. The Balaban J connectivity index is 1.88. The molecule has 0 spiro atoms. The van der Waals surface area contributed by atoms with Crippen LogP contribution in [0.25, 0.3) is 0 Å². The van der Waals surface area contributed by atoms with Gasteiger partial charge < -0.3 is 14.6 Å². The number of rotatable bonds is 1. The lowest BCUT2D eigenvalue weighted by Crippen LogP contribution is -2.62. The maximum Gasteiger partial charge on any atom is 0.334 e. The Labute approximate surface area is 139 Å². The largest absolute Gasteiger partial charge is 0.459 e. The molecule has 7 atom stereocenters. The quantitative estimate of drug-likeness (QED) is 0.328. The number of carbonyl (C=O) groups is 2. The van der Waals surface area contributed by atoms with Gasteiger partial charge in [-0.2, -0.15) is 0 Å². The van der Waals surface area contributed by atoms with Crippen molar-refractivity contribution in [2.45, 2.75) is 56.2 Å². The average Bonchev–Trinajstić information content (AvgIpc) is 3.04. The van der Waals surface area contributed by atoms with Crippen LogP contribution < -0.4 is 0 Å². The van der Waals surface area contributed by atoms with Crippen LogP contribution in [0.3, 0.4) is 0 Å². The first-order valence-corrected chi connectivity index (χ1v) is 7.99. The lowest BCUT2D eigenvalue weighted by Gasteiger charge is -2.42. The number of ether oxygens (including phenoxy) is 2. The third-order valence-corrected chi connectivity index (χ3v) is 5.97. The summed E-state index contributed by atoms with van der Waals surface area (Å²) in [5.74, 6) is -1.84. The molecule has 2 unspecified atom stereocenters. The van der Waals surface area contributed by atoms with E-state index in [0.717, 1.165) is 0 Å². The Hall–Kier alpha value is -1.70. The molecule has 130 valence electrons. The Morgan fingerprint density at radius 3 is 2.67 bits per heavy atom. The van der Waals surface area contributed by atoms with Crippen LogP contribution in [-0.4, -0.2) is 46.1 Å². The smallest absolute Gasteiger partial charge is 0.334 e. The highest BCUT2D eigenvalue weighted by atomic mass is 17.2. The van der Waals surface area contributed by atoms with Crippen molar-refractivity contribution >= 4 is 11.9 Å². The predicted molar refractivity (Wildman–Crippen MR) is 79.2 cm³/mol. The summed E-state index contributed by atoms with van der Waals surface area (Å²) >= 11 is 0. The molecular weight excluding hydrogens is 316 g/mol. The Bertz CT molecular complexity index is 680. The molecule has 7 nitrogen and oxygen atoms in total. The lowest BCUT2D eigenvalue weighted by molar-refractivity contribution is -0.366. The molecule has 0 amide bonds. The van der Waals surface area contributed by atoms with Crippen molar-refractivity contribution in [1.29, 1.82) is 0 Å². The molecule has 4 aliphatic rings. The van der Waals surface area contributed by atoms with Gasteiger partial charge in [-0.3, -0.25) is 4.79 Å². The molecular formula is C17H20O7. The SMILES string of the molecule is C=C1C(=O)O[C@@H]2C1C[C@@H](OC(C)=O)[C@](C)(O)[C@@]13C=C[C@@](C)(OO1)C23. The summed E-state index contributed by atoms with van der Waals surface area (Å²) in [6.45, 7) is 8.48. The van der Waals surface area contributed by atoms with Crippen LogP contribution in [0.5, 0.6) is 0 Å². The zero-order valence-corrected chi connectivity index (χ0v) is 13.8. The van der Waals surface area contributed by atoms with Crippen LogP contribution in [0, 0.1) is 11.8 Å². The minimum Gasteiger partial charge on any atom is -0.459 e. The van der Waals surface area contributed by atoms with Crippen molar-refractivity contribution < 1.29 is 33.9 Å². The fourth-order valence-electron chi connectivity index (χ4n) is 4.66. The molecule has 24 heavy (non-hydrogen) atoms. The van der Waals surface area contributed by atoms with Crippen molar-refractivity contribution in [3.63, 3.8) is 0 Å². The second-order valence-electron chi connectivity index (χ2n) is 7.44. The molecule has 0 aromatic carbocycles. The van der Waals surface area contributed by atoms with Gasteiger partial charge in [0.15, 0.2) is 5.60 Å². The van der Waals surface area contributed by atoms with E-state index in [4.69, 9.17) is 19.2 Å². The van der Waals surface area contributed by atoms with Crippen molar-refractivity contribution in [3.8, 4) is 0 Å². The minimum absolute atomic E-state index is 0.230. The van der Waals surface area contributed by atoms with Gasteiger partial charge in [-0.15, -0.1) is 0 Å². The molecule has 1 N–H and O–H groups in total. The molecule has 7 heteroatoms. The summed E-state index contributed by atoms with van der Waals surface area (Å²) in [6.07, 6.45) is 2.30. The third kappa shape index (κ3) is 1.67. The molecule has 1 saturated carbocycles. The van der Waals surface area contributed by atoms with Crippen LogP contribution >= 0.6 is 0 Å². The molecule has 2 heterocycles. The number of aliphatic hydroxyl groups is 1. The average molecular weight is 336 g/mol. The first-order valence-electron chi connectivity index (χ1n) is 7.99. The zero-order chi connectivity index (χ0) is 17.5. The number of hydrogen-bond donors (Lipinski definition) is 1. The van der Waals surface area contributed by atoms with Crippen LogP contribution in [-0.2, 0) is 28.8 Å². The highest BCUT2D eigenvalue weighted by Gasteiger charge is 2.76. The zero-order valence-electron chi connectivity index (χ0n) is 13.8. The fourth-order valence-corrected chi connectivity index (χ4v) is 4.66. The maximum absolute atomic E-state index is 12.1. The van der Waals surface area contributed by atoms with Gasteiger partial charge in [-0.05, 0) is 26.3 Å². The van der Waals surface area contributed by atoms with Crippen molar-refractivity contribution in [3.05, 3.63) is 24.3 Å². The Kier molecular flexibility index (Phi) is 2.95. The maximum atomic E-state index is 12.1. The molecule has 0 aromatic heterocycles. The normalized spacial score (nSPS) is 51.8. The van der Waals surface area contributed by atoms with E-state index in [-0.39, 0.29) is 12.3 Å². The van der Waals surface area contributed by atoms with Gasteiger partial charge in [0, 0.05) is 18.4 Å². The monoisotopic (exact) mass is 336 g/mol. The molecule has 2 aliphatic carbocycles. The van der Waals surface area contributed by atoms with E-state index in [2.05, 4.69) is 6.58 Å². The highest BCUT2D eigenvalue weighted by molar-refractivity contribution is 5.91. The Morgan fingerprint density at radius 1 is 1.38 bits per heavy atom.